The highest BCUT2D eigenvalue weighted by Gasteiger charge is 2.23. The predicted molar refractivity (Wildman–Crippen MR) is 136 cm³/mol. The van der Waals surface area contributed by atoms with Crippen LogP contribution in [-0.4, -0.2) is 30.0 Å². The van der Waals surface area contributed by atoms with E-state index in [9.17, 15) is 13.2 Å². The third-order valence-electron chi connectivity index (χ3n) is 4.97. The Morgan fingerprint density at radius 2 is 1.51 bits per heavy atom. The van der Waals surface area contributed by atoms with Crippen molar-refractivity contribution in [1.29, 1.82) is 0 Å². The molecule has 0 unspecified atom stereocenters. The van der Waals surface area contributed by atoms with E-state index >= 15 is 0 Å². The molecule has 35 heavy (non-hydrogen) atoms. The van der Waals surface area contributed by atoms with E-state index in [0.29, 0.717) is 6.42 Å². The Balaban J connectivity index is 0.000000261. The summed E-state index contributed by atoms with van der Waals surface area (Å²) in [5.41, 5.74) is 11.3. The molecule has 0 aliphatic rings. The van der Waals surface area contributed by atoms with Gasteiger partial charge in [0, 0.05) is 11.8 Å². The summed E-state index contributed by atoms with van der Waals surface area (Å²) in [6, 6.07) is 24.6. The van der Waals surface area contributed by atoms with Gasteiger partial charge in [0.25, 0.3) is 10.1 Å². The zero-order valence-corrected chi connectivity index (χ0v) is 20.7. The number of aryl methyl sites for hydroxylation is 1. The Bertz CT molecular complexity index is 1260. The molecular weight excluding hydrogens is 484 g/mol. The lowest BCUT2D eigenvalue weighted by atomic mass is 10.0. The lowest BCUT2D eigenvalue weighted by molar-refractivity contribution is -0.149. The molecule has 4 aromatic rings. The standard InChI is InChI=1S/C19H18N2O2S.C7H8O3S/c20-17(11-16-12-24-13-21-16)19(22)23-18(14-7-3-1-4-8-14)15-9-5-2-6-10-15;1-6-2-4-7(5-3-6)11(8,9)10/h1-10,12-13,17-18H,11,20H2;2-5H,1H3,(H,8,9,10)/t17-;/m0./s1. The minimum atomic E-state index is -4.02. The van der Waals surface area contributed by atoms with Crippen LogP contribution in [0.25, 0.3) is 0 Å². The molecule has 0 radical (unpaired) electrons. The number of esters is 1. The van der Waals surface area contributed by atoms with E-state index in [1.807, 2.05) is 73.0 Å². The van der Waals surface area contributed by atoms with Crippen LogP contribution in [0.2, 0.25) is 0 Å². The SMILES string of the molecule is Cc1ccc(S(=O)(=O)O)cc1.N[C@@H](Cc1cscn1)C(=O)OC(c1ccccc1)c1ccccc1. The van der Waals surface area contributed by atoms with Gasteiger partial charge >= 0.3 is 5.97 Å². The van der Waals surface area contributed by atoms with E-state index < -0.39 is 28.2 Å². The normalized spacial score (nSPS) is 11.9. The zero-order chi connectivity index (χ0) is 25.3. The number of carbonyl (C=O) groups is 1. The minimum Gasteiger partial charge on any atom is -0.451 e. The monoisotopic (exact) mass is 510 g/mol. The van der Waals surface area contributed by atoms with Crippen LogP contribution in [0.1, 0.15) is 28.5 Å². The number of hydrogen-bond acceptors (Lipinski definition) is 7. The second-order valence-electron chi connectivity index (χ2n) is 7.72. The first kappa shape index (κ1) is 26.2. The number of thiazole rings is 1. The molecule has 9 heteroatoms. The van der Waals surface area contributed by atoms with Gasteiger partial charge < -0.3 is 10.5 Å². The van der Waals surface area contributed by atoms with Crippen molar-refractivity contribution in [3.63, 3.8) is 0 Å². The summed E-state index contributed by atoms with van der Waals surface area (Å²) in [7, 11) is -4.02. The molecule has 3 aromatic carbocycles. The molecule has 1 aromatic heterocycles. The van der Waals surface area contributed by atoms with Gasteiger partial charge in [-0.15, -0.1) is 11.3 Å². The highest BCUT2D eigenvalue weighted by molar-refractivity contribution is 7.85. The molecule has 1 heterocycles. The molecule has 0 bridgehead atoms. The van der Waals surface area contributed by atoms with E-state index in [1.54, 1.807) is 17.6 Å². The molecule has 7 nitrogen and oxygen atoms in total. The van der Waals surface area contributed by atoms with Crippen LogP contribution in [0.15, 0.2) is 101 Å². The first-order valence-corrected chi connectivity index (χ1v) is 13.1. The smallest absolute Gasteiger partial charge is 0.324 e. The number of carbonyl (C=O) groups excluding carboxylic acids is 1. The summed E-state index contributed by atoms with van der Waals surface area (Å²) < 4.78 is 35.3. The van der Waals surface area contributed by atoms with Crippen molar-refractivity contribution >= 4 is 27.4 Å². The fourth-order valence-electron chi connectivity index (χ4n) is 3.14. The number of nitrogens with zero attached hydrogens (tertiary/aromatic N) is 1. The highest BCUT2D eigenvalue weighted by Crippen LogP contribution is 2.26. The maximum Gasteiger partial charge on any atom is 0.324 e. The molecule has 0 aliphatic carbocycles. The second kappa shape index (κ2) is 12.4. The van der Waals surface area contributed by atoms with Crippen molar-refractivity contribution in [2.24, 2.45) is 5.73 Å². The van der Waals surface area contributed by atoms with Crippen molar-refractivity contribution < 1.29 is 22.5 Å². The van der Waals surface area contributed by atoms with Crippen LogP contribution in [0.3, 0.4) is 0 Å². The second-order valence-corrected chi connectivity index (χ2v) is 9.86. The van der Waals surface area contributed by atoms with Crippen molar-refractivity contribution in [3.8, 4) is 0 Å². The fourth-order valence-corrected chi connectivity index (χ4v) is 4.20. The molecule has 182 valence electrons. The predicted octanol–water partition coefficient (Wildman–Crippen LogP) is 4.59. The average molecular weight is 511 g/mol. The maximum atomic E-state index is 12.5. The Labute approximate surface area is 209 Å². The molecule has 0 saturated carbocycles. The van der Waals surface area contributed by atoms with Gasteiger partial charge in [-0.05, 0) is 30.2 Å². The third kappa shape index (κ3) is 8.11. The maximum absolute atomic E-state index is 12.5. The largest absolute Gasteiger partial charge is 0.451 e. The van der Waals surface area contributed by atoms with E-state index in [1.165, 1.54) is 23.5 Å². The molecule has 3 N–H and O–H groups in total. The summed E-state index contributed by atoms with van der Waals surface area (Å²) in [4.78, 5) is 16.6. The summed E-state index contributed by atoms with van der Waals surface area (Å²) in [5, 5.41) is 1.89. The van der Waals surface area contributed by atoms with Crippen LogP contribution in [0, 0.1) is 6.92 Å². The highest BCUT2D eigenvalue weighted by atomic mass is 32.2. The summed E-state index contributed by atoms with van der Waals surface area (Å²) >= 11 is 1.48. The quantitative estimate of drug-likeness (QED) is 0.276. The Kier molecular flexibility index (Phi) is 9.27. The summed E-state index contributed by atoms with van der Waals surface area (Å²) in [5.74, 6) is -0.430. The van der Waals surface area contributed by atoms with Crippen LogP contribution in [0.4, 0.5) is 0 Å². The molecular formula is C26H26N2O5S2. The zero-order valence-electron chi connectivity index (χ0n) is 19.0. The lowest BCUT2D eigenvalue weighted by Gasteiger charge is -2.21. The van der Waals surface area contributed by atoms with Gasteiger partial charge in [-0.1, -0.05) is 78.4 Å². The number of benzene rings is 3. The molecule has 0 aliphatic heterocycles. The van der Waals surface area contributed by atoms with Crippen LogP contribution in [0.5, 0.6) is 0 Å². The Morgan fingerprint density at radius 1 is 0.971 bits per heavy atom. The van der Waals surface area contributed by atoms with E-state index in [-0.39, 0.29) is 4.90 Å². The molecule has 0 spiro atoms. The summed E-state index contributed by atoms with van der Waals surface area (Å²) in [6.07, 6.45) is -0.0973. The number of nitrogens with two attached hydrogens (primary N) is 1. The number of aromatic nitrogens is 1. The van der Waals surface area contributed by atoms with Crippen LogP contribution < -0.4 is 5.73 Å². The Hall–Kier alpha value is -3.37. The average Bonchev–Trinajstić information content (AvgIpc) is 3.36. The topological polar surface area (TPSA) is 120 Å². The molecule has 0 saturated heterocycles. The van der Waals surface area contributed by atoms with Gasteiger partial charge in [-0.2, -0.15) is 8.42 Å². The fraction of sp³-hybridized carbons (Fsp3) is 0.154. The van der Waals surface area contributed by atoms with Gasteiger partial charge in [0.1, 0.15) is 6.04 Å². The van der Waals surface area contributed by atoms with Crippen molar-refractivity contribution in [2.75, 3.05) is 0 Å². The summed E-state index contributed by atoms with van der Waals surface area (Å²) in [6.45, 7) is 1.84. The van der Waals surface area contributed by atoms with Crippen molar-refractivity contribution in [3.05, 3.63) is 118 Å². The van der Waals surface area contributed by atoms with Crippen molar-refractivity contribution in [2.45, 2.75) is 30.4 Å². The van der Waals surface area contributed by atoms with Crippen LogP contribution in [-0.2, 0) is 26.1 Å². The molecule has 1 atom stereocenters. The van der Waals surface area contributed by atoms with E-state index in [4.69, 9.17) is 15.0 Å². The van der Waals surface area contributed by atoms with Gasteiger partial charge in [-0.3, -0.25) is 9.35 Å². The third-order valence-corrected chi connectivity index (χ3v) is 6.48. The molecule has 0 amide bonds. The first-order chi connectivity index (χ1) is 16.7. The van der Waals surface area contributed by atoms with E-state index in [0.717, 1.165) is 22.4 Å². The van der Waals surface area contributed by atoms with Crippen LogP contribution >= 0.6 is 11.3 Å². The van der Waals surface area contributed by atoms with Gasteiger partial charge in [0.2, 0.25) is 0 Å². The van der Waals surface area contributed by atoms with E-state index in [2.05, 4.69) is 4.98 Å². The number of hydrogen-bond donors (Lipinski definition) is 2. The van der Waals surface area contributed by atoms with Gasteiger partial charge in [-0.25, -0.2) is 4.98 Å². The van der Waals surface area contributed by atoms with Gasteiger partial charge in [0.05, 0.1) is 16.1 Å². The first-order valence-electron chi connectivity index (χ1n) is 10.7. The minimum absolute atomic E-state index is 0.0666. The molecule has 0 fully saturated rings. The van der Waals surface area contributed by atoms with Gasteiger partial charge in [0.15, 0.2) is 6.10 Å². The lowest BCUT2D eigenvalue weighted by Crippen LogP contribution is -2.35. The number of rotatable bonds is 7. The van der Waals surface area contributed by atoms with Crippen molar-refractivity contribution in [1.82, 2.24) is 4.98 Å². The Morgan fingerprint density at radius 3 is 1.97 bits per heavy atom. The molecule has 4 rings (SSSR count). The number of ether oxygens (including phenoxy) is 1.